The summed E-state index contributed by atoms with van der Waals surface area (Å²) in [5, 5.41) is 7.39. The van der Waals surface area contributed by atoms with Crippen LogP contribution in [0.4, 0.5) is 4.39 Å². The van der Waals surface area contributed by atoms with Crippen LogP contribution >= 0.6 is 0 Å². The van der Waals surface area contributed by atoms with Gasteiger partial charge in [0.15, 0.2) is 0 Å². The molecule has 2 aromatic rings. The molecule has 6 nitrogen and oxygen atoms in total. The number of rotatable bonds is 6. The second kappa shape index (κ2) is 8.52. The molecular formula is C20H26FN3O3. The molecule has 7 heteroatoms. The highest BCUT2D eigenvalue weighted by atomic mass is 19.1. The number of aromatic nitrogens is 2. The van der Waals surface area contributed by atoms with Crippen LogP contribution in [-0.2, 0) is 23.0 Å². The van der Waals surface area contributed by atoms with E-state index in [2.05, 4.69) is 10.4 Å². The minimum absolute atomic E-state index is 0.0546. The fraction of sp³-hybridized carbons (Fsp3) is 0.500. The Morgan fingerprint density at radius 1 is 1.44 bits per heavy atom. The average molecular weight is 375 g/mol. The summed E-state index contributed by atoms with van der Waals surface area (Å²) in [5.74, 6) is 0.0612. The van der Waals surface area contributed by atoms with Crippen molar-refractivity contribution in [3.63, 3.8) is 0 Å². The van der Waals surface area contributed by atoms with Gasteiger partial charge in [0, 0.05) is 31.6 Å². The Kier molecular flexibility index (Phi) is 6.11. The molecule has 1 aliphatic rings. The van der Waals surface area contributed by atoms with Gasteiger partial charge in [-0.2, -0.15) is 5.10 Å². The summed E-state index contributed by atoms with van der Waals surface area (Å²) in [7, 11) is 1.90. The molecule has 3 rings (SSSR count). The van der Waals surface area contributed by atoms with Gasteiger partial charge in [0.1, 0.15) is 17.7 Å². The van der Waals surface area contributed by atoms with E-state index in [1.54, 1.807) is 12.1 Å². The Balaban J connectivity index is 1.57. The maximum absolute atomic E-state index is 13.4. The molecule has 0 bridgehead atoms. The first-order chi connectivity index (χ1) is 12.9. The standard InChI is InChI=1S/C20H26FN3O3/c1-13-17(14(2)24(3)23-13)7-8-20(25)22-18-12-26-10-9-19(18)27-16-6-4-5-15(21)11-16/h4-6,11,18-19H,7-10,12H2,1-3H3,(H,22,25)/t18-,19+/m1/s1. The van der Waals surface area contributed by atoms with Gasteiger partial charge in [-0.15, -0.1) is 0 Å². The molecule has 1 saturated heterocycles. The first kappa shape index (κ1) is 19.4. The van der Waals surface area contributed by atoms with Crippen LogP contribution in [-0.4, -0.2) is 41.0 Å². The van der Waals surface area contributed by atoms with Crippen molar-refractivity contribution in [3.05, 3.63) is 47.0 Å². The summed E-state index contributed by atoms with van der Waals surface area (Å²) < 4.78 is 26.6. The summed E-state index contributed by atoms with van der Waals surface area (Å²) >= 11 is 0. The first-order valence-electron chi connectivity index (χ1n) is 9.22. The van der Waals surface area contributed by atoms with Gasteiger partial charge in [0.2, 0.25) is 5.91 Å². The quantitative estimate of drug-likeness (QED) is 0.842. The van der Waals surface area contributed by atoms with Crippen molar-refractivity contribution < 1.29 is 18.7 Å². The molecule has 0 spiro atoms. The van der Waals surface area contributed by atoms with Crippen LogP contribution < -0.4 is 10.1 Å². The van der Waals surface area contributed by atoms with Gasteiger partial charge in [0.25, 0.3) is 0 Å². The van der Waals surface area contributed by atoms with Gasteiger partial charge < -0.3 is 14.8 Å². The molecule has 0 unspecified atom stereocenters. The van der Waals surface area contributed by atoms with Gasteiger partial charge in [-0.3, -0.25) is 9.48 Å². The molecule has 0 aliphatic carbocycles. The lowest BCUT2D eigenvalue weighted by Gasteiger charge is -2.32. The number of carbonyl (C=O) groups is 1. The van der Waals surface area contributed by atoms with E-state index in [1.165, 1.54) is 12.1 Å². The second-order valence-electron chi connectivity index (χ2n) is 6.92. The summed E-state index contributed by atoms with van der Waals surface area (Å²) in [6.45, 7) is 4.90. The molecular weight excluding hydrogens is 349 g/mol. The smallest absolute Gasteiger partial charge is 0.220 e. The van der Waals surface area contributed by atoms with Crippen LogP contribution in [0.1, 0.15) is 29.8 Å². The highest BCUT2D eigenvalue weighted by Crippen LogP contribution is 2.20. The lowest BCUT2D eigenvalue weighted by atomic mass is 10.0. The van der Waals surface area contributed by atoms with E-state index < -0.39 is 0 Å². The zero-order valence-corrected chi connectivity index (χ0v) is 16.0. The van der Waals surface area contributed by atoms with Gasteiger partial charge in [-0.25, -0.2) is 4.39 Å². The topological polar surface area (TPSA) is 65.4 Å². The molecule has 1 fully saturated rings. The number of aryl methyl sites for hydroxylation is 2. The maximum atomic E-state index is 13.4. The van der Waals surface area contributed by atoms with Gasteiger partial charge in [0.05, 0.1) is 24.9 Å². The Morgan fingerprint density at radius 2 is 2.26 bits per heavy atom. The van der Waals surface area contributed by atoms with E-state index in [4.69, 9.17) is 9.47 Å². The van der Waals surface area contributed by atoms with Crippen LogP contribution in [0.5, 0.6) is 5.75 Å². The molecule has 2 heterocycles. The van der Waals surface area contributed by atoms with E-state index in [-0.39, 0.29) is 23.9 Å². The Hall–Kier alpha value is -2.41. The van der Waals surface area contributed by atoms with Gasteiger partial charge >= 0.3 is 0 Å². The number of hydrogen-bond donors (Lipinski definition) is 1. The Labute approximate surface area is 158 Å². The maximum Gasteiger partial charge on any atom is 0.220 e. The zero-order chi connectivity index (χ0) is 19.4. The van der Waals surface area contributed by atoms with Crippen LogP contribution in [0.3, 0.4) is 0 Å². The summed E-state index contributed by atoms with van der Waals surface area (Å²) in [6.07, 6.45) is 1.41. The van der Waals surface area contributed by atoms with Gasteiger partial charge in [-0.05, 0) is 38.0 Å². The molecule has 146 valence electrons. The molecule has 1 N–H and O–H groups in total. The predicted octanol–water partition coefficient (Wildman–Crippen LogP) is 2.46. The van der Waals surface area contributed by atoms with Crippen molar-refractivity contribution >= 4 is 5.91 Å². The van der Waals surface area contributed by atoms with E-state index in [0.29, 0.717) is 38.2 Å². The van der Waals surface area contributed by atoms with Crippen LogP contribution in [0.15, 0.2) is 24.3 Å². The predicted molar refractivity (Wildman–Crippen MR) is 99.2 cm³/mol. The SMILES string of the molecule is Cc1nn(C)c(C)c1CCC(=O)N[C@@H]1COCC[C@@H]1Oc1cccc(F)c1. The summed E-state index contributed by atoms with van der Waals surface area (Å²) in [4.78, 5) is 12.5. The second-order valence-corrected chi connectivity index (χ2v) is 6.92. The lowest BCUT2D eigenvalue weighted by molar-refractivity contribution is -0.124. The number of benzene rings is 1. The van der Waals surface area contributed by atoms with E-state index in [0.717, 1.165) is 17.0 Å². The number of amides is 1. The minimum atomic E-state index is -0.345. The average Bonchev–Trinajstić information content (AvgIpc) is 2.87. The number of halogens is 1. The van der Waals surface area contributed by atoms with Crippen molar-refractivity contribution in [2.24, 2.45) is 7.05 Å². The summed E-state index contributed by atoms with van der Waals surface area (Å²) in [6, 6.07) is 5.79. The highest BCUT2D eigenvalue weighted by molar-refractivity contribution is 5.76. The summed E-state index contributed by atoms with van der Waals surface area (Å²) in [5.41, 5.74) is 3.14. The fourth-order valence-electron chi connectivity index (χ4n) is 3.41. The normalized spacial score (nSPS) is 19.7. The van der Waals surface area contributed by atoms with Crippen molar-refractivity contribution in [1.82, 2.24) is 15.1 Å². The number of nitrogens with zero attached hydrogens (tertiary/aromatic N) is 2. The largest absolute Gasteiger partial charge is 0.488 e. The molecule has 2 atom stereocenters. The number of nitrogens with one attached hydrogen (secondary N) is 1. The molecule has 0 radical (unpaired) electrons. The minimum Gasteiger partial charge on any atom is -0.488 e. The number of hydrogen-bond acceptors (Lipinski definition) is 4. The lowest BCUT2D eigenvalue weighted by Crippen LogP contribution is -2.51. The Bertz CT molecular complexity index is 806. The molecule has 1 aromatic carbocycles. The number of carbonyl (C=O) groups excluding carboxylic acids is 1. The molecule has 1 amide bonds. The van der Waals surface area contributed by atoms with E-state index >= 15 is 0 Å². The highest BCUT2D eigenvalue weighted by Gasteiger charge is 2.29. The van der Waals surface area contributed by atoms with E-state index in [9.17, 15) is 9.18 Å². The van der Waals surface area contributed by atoms with Crippen molar-refractivity contribution in [1.29, 1.82) is 0 Å². The van der Waals surface area contributed by atoms with Crippen LogP contribution in [0, 0.1) is 19.7 Å². The molecule has 27 heavy (non-hydrogen) atoms. The van der Waals surface area contributed by atoms with Crippen molar-refractivity contribution in [3.8, 4) is 5.75 Å². The molecule has 1 aromatic heterocycles. The third-order valence-electron chi connectivity index (χ3n) is 4.98. The van der Waals surface area contributed by atoms with Gasteiger partial charge in [-0.1, -0.05) is 6.07 Å². The monoisotopic (exact) mass is 375 g/mol. The Morgan fingerprint density at radius 3 is 2.96 bits per heavy atom. The van der Waals surface area contributed by atoms with Crippen LogP contribution in [0.25, 0.3) is 0 Å². The third-order valence-corrected chi connectivity index (χ3v) is 4.98. The fourth-order valence-corrected chi connectivity index (χ4v) is 3.41. The van der Waals surface area contributed by atoms with Crippen LogP contribution in [0.2, 0.25) is 0 Å². The third kappa shape index (κ3) is 4.86. The first-order valence-corrected chi connectivity index (χ1v) is 9.22. The van der Waals surface area contributed by atoms with E-state index in [1.807, 2.05) is 25.6 Å². The number of ether oxygens (including phenoxy) is 2. The molecule has 0 saturated carbocycles. The van der Waals surface area contributed by atoms with Crippen molar-refractivity contribution in [2.45, 2.75) is 45.3 Å². The van der Waals surface area contributed by atoms with Crippen molar-refractivity contribution in [2.75, 3.05) is 13.2 Å². The molecule has 1 aliphatic heterocycles. The zero-order valence-electron chi connectivity index (χ0n) is 16.0.